The maximum absolute atomic E-state index is 12.6. The van der Waals surface area contributed by atoms with E-state index >= 15 is 0 Å². The van der Waals surface area contributed by atoms with Crippen LogP contribution in [-0.2, 0) is 4.79 Å². The molecule has 3 rings (SSSR count). The molecule has 0 spiro atoms. The Kier molecular flexibility index (Phi) is 8.75. The van der Waals surface area contributed by atoms with Gasteiger partial charge in [-0.05, 0) is 56.8 Å². The van der Waals surface area contributed by atoms with Crippen molar-refractivity contribution in [3.63, 3.8) is 0 Å². The van der Waals surface area contributed by atoms with Gasteiger partial charge < -0.3 is 15.5 Å². The van der Waals surface area contributed by atoms with Gasteiger partial charge in [0.05, 0.1) is 11.3 Å². The lowest BCUT2D eigenvalue weighted by Gasteiger charge is -2.23. The van der Waals surface area contributed by atoms with Crippen LogP contribution in [0.3, 0.4) is 0 Å². The number of halogens is 1. The molecule has 0 radical (unpaired) electrons. The van der Waals surface area contributed by atoms with Gasteiger partial charge in [-0.3, -0.25) is 9.59 Å². The maximum Gasteiger partial charge on any atom is 0.252 e. The van der Waals surface area contributed by atoms with E-state index in [9.17, 15) is 9.59 Å². The average molecular weight is 398 g/mol. The van der Waals surface area contributed by atoms with Crippen LogP contribution in [0.2, 0.25) is 0 Å². The molecule has 1 atom stereocenters. The third-order valence-corrected chi connectivity index (χ3v) is 5.95. The normalized spacial score (nSPS) is 19.7. The number of carbonyl (C=O) groups is 2. The number of carbonyl (C=O) groups excluding carboxylic acids is 2. The standard InChI is InChI=1S/C19H27N3O2S.ClH/c23-18(22-10-3-4-11-22)14-25-17-8-2-1-7-16(17)19(24)21-13-15-6-5-9-20-12-15;/h1-2,7-8,15,20H,3-6,9-14H2,(H,21,24);1H. The minimum absolute atomic E-state index is 0. The van der Waals surface area contributed by atoms with Crippen LogP contribution < -0.4 is 10.6 Å². The van der Waals surface area contributed by atoms with Crippen LogP contribution in [-0.4, -0.2) is 55.2 Å². The average Bonchev–Trinajstić information content (AvgIpc) is 3.20. The van der Waals surface area contributed by atoms with Crippen molar-refractivity contribution in [1.29, 1.82) is 0 Å². The second kappa shape index (κ2) is 10.8. The summed E-state index contributed by atoms with van der Waals surface area (Å²) in [6.07, 6.45) is 4.54. The van der Waals surface area contributed by atoms with Gasteiger partial charge in [0, 0.05) is 24.5 Å². The molecule has 1 aromatic rings. The summed E-state index contributed by atoms with van der Waals surface area (Å²) in [6, 6.07) is 7.57. The van der Waals surface area contributed by atoms with E-state index in [1.165, 1.54) is 18.2 Å². The molecule has 0 saturated carbocycles. The summed E-state index contributed by atoms with van der Waals surface area (Å²) < 4.78 is 0. The van der Waals surface area contributed by atoms with Crippen molar-refractivity contribution >= 4 is 36.0 Å². The van der Waals surface area contributed by atoms with Crippen molar-refractivity contribution in [3.05, 3.63) is 29.8 Å². The number of nitrogens with zero attached hydrogens (tertiary/aromatic N) is 1. The van der Waals surface area contributed by atoms with E-state index in [2.05, 4.69) is 10.6 Å². The molecule has 5 nitrogen and oxygen atoms in total. The Balaban J connectivity index is 0.00000243. The number of nitrogens with one attached hydrogen (secondary N) is 2. The molecule has 1 aromatic carbocycles. The van der Waals surface area contributed by atoms with E-state index in [1.807, 2.05) is 29.2 Å². The minimum atomic E-state index is -0.0395. The number of amides is 2. The van der Waals surface area contributed by atoms with Crippen molar-refractivity contribution in [1.82, 2.24) is 15.5 Å². The highest BCUT2D eigenvalue weighted by Crippen LogP contribution is 2.24. The molecule has 0 aromatic heterocycles. The fourth-order valence-corrected chi connectivity index (χ4v) is 4.36. The number of rotatable bonds is 6. The van der Waals surface area contributed by atoms with Gasteiger partial charge in [-0.25, -0.2) is 0 Å². The zero-order chi connectivity index (χ0) is 17.5. The SMILES string of the molecule is Cl.O=C(NCC1CCCNC1)c1ccccc1SCC(=O)N1CCCC1. The lowest BCUT2D eigenvalue weighted by molar-refractivity contribution is -0.127. The van der Waals surface area contributed by atoms with Crippen LogP contribution in [0.4, 0.5) is 0 Å². The highest BCUT2D eigenvalue weighted by atomic mass is 35.5. The molecule has 2 heterocycles. The molecule has 2 amide bonds. The molecule has 1 unspecified atom stereocenters. The Morgan fingerprint density at radius 2 is 1.96 bits per heavy atom. The van der Waals surface area contributed by atoms with Gasteiger partial charge in [-0.2, -0.15) is 0 Å². The van der Waals surface area contributed by atoms with Crippen molar-refractivity contribution in [2.45, 2.75) is 30.6 Å². The lowest BCUT2D eigenvalue weighted by atomic mass is 10.00. The Morgan fingerprint density at radius 1 is 1.19 bits per heavy atom. The fourth-order valence-electron chi connectivity index (χ4n) is 3.41. The van der Waals surface area contributed by atoms with E-state index in [0.29, 0.717) is 23.8 Å². The van der Waals surface area contributed by atoms with Crippen LogP contribution in [0, 0.1) is 5.92 Å². The van der Waals surface area contributed by atoms with Gasteiger partial charge in [0.2, 0.25) is 5.91 Å². The van der Waals surface area contributed by atoms with Crippen LogP contribution >= 0.6 is 24.2 Å². The molecule has 2 fully saturated rings. The largest absolute Gasteiger partial charge is 0.352 e. The van der Waals surface area contributed by atoms with E-state index in [4.69, 9.17) is 0 Å². The Labute approximate surface area is 166 Å². The fraction of sp³-hybridized carbons (Fsp3) is 0.579. The quantitative estimate of drug-likeness (QED) is 0.724. The second-order valence-electron chi connectivity index (χ2n) is 6.80. The van der Waals surface area contributed by atoms with Gasteiger partial charge in [-0.1, -0.05) is 12.1 Å². The summed E-state index contributed by atoms with van der Waals surface area (Å²) >= 11 is 1.47. The Morgan fingerprint density at radius 3 is 2.69 bits per heavy atom. The summed E-state index contributed by atoms with van der Waals surface area (Å²) in [5.74, 6) is 1.04. The molecule has 2 aliphatic heterocycles. The zero-order valence-electron chi connectivity index (χ0n) is 15.0. The zero-order valence-corrected chi connectivity index (χ0v) is 16.7. The summed E-state index contributed by atoms with van der Waals surface area (Å²) in [7, 11) is 0. The molecular formula is C19H28ClN3O2S. The molecule has 2 saturated heterocycles. The highest BCUT2D eigenvalue weighted by molar-refractivity contribution is 8.00. The number of hydrogen-bond donors (Lipinski definition) is 2. The minimum Gasteiger partial charge on any atom is -0.352 e. The number of benzene rings is 1. The number of thioether (sulfide) groups is 1. The van der Waals surface area contributed by atoms with Gasteiger partial charge in [0.1, 0.15) is 0 Å². The number of piperidine rings is 1. The van der Waals surface area contributed by atoms with Gasteiger partial charge >= 0.3 is 0 Å². The van der Waals surface area contributed by atoms with Crippen LogP contribution in [0.1, 0.15) is 36.0 Å². The van der Waals surface area contributed by atoms with E-state index in [-0.39, 0.29) is 24.2 Å². The first-order valence-corrected chi connectivity index (χ1v) is 10.2. The maximum atomic E-state index is 12.6. The van der Waals surface area contributed by atoms with Crippen molar-refractivity contribution in [2.75, 3.05) is 38.5 Å². The Bertz CT molecular complexity index is 602. The molecule has 7 heteroatoms. The van der Waals surface area contributed by atoms with Crippen molar-refractivity contribution in [3.8, 4) is 0 Å². The second-order valence-corrected chi connectivity index (χ2v) is 7.81. The lowest BCUT2D eigenvalue weighted by Crippen LogP contribution is -2.38. The number of hydrogen-bond acceptors (Lipinski definition) is 4. The van der Waals surface area contributed by atoms with E-state index < -0.39 is 0 Å². The van der Waals surface area contributed by atoms with Crippen LogP contribution in [0.5, 0.6) is 0 Å². The van der Waals surface area contributed by atoms with Gasteiger partial charge in [0.25, 0.3) is 5.91 Å². The van der Waals surface area contributed by atoms with Crippen molar-refractivity contribution in [2.24, 2.45) is 5.92 Å². The Hall–Kier alpha value is -1.24. The topological polar surface area (TPSA) is 61.4 Å². The van der Waals surface area contributed by atoms with Gasteiger partial charge in [0.15, 0.2) is 0 Å². The first-order chi connectivity index (χ1) is 12.2. The summed E-state index contributed by atoms with van der Waals surface area (Å²) in [6.45, 7) is 4.50. The van der Waals surface area contributed by atoms with E-state index in [0.717, 1.165) is 50.3 Å². The predicted octanol–water partition coefficient (Wildman–Crippen LogP) is 2.55. The smallest absolute Gasteiger partial charge is 0.252 e. The number of likely N-dealkylation sites (tertiary alicyclic amines) is 1. The molecule has 144 valence electrons. The summed E-state index contributed by atoms with van der Waals surface area (Å²) in [5, 5.41) is 6.44. The third kappa shape index (κ3) is 5.89. The van der Waals surface area contributed by atoms with Crippen LogP contribution in [0.15, 0.2) is 29.2 Å². The van der Waals surface area contributed by atoms with Crippen molar-refractivity contribution < 1.29 is 9.59 Å². The molecule has 0 bridgehead atoms. The molecule has 0 aliphatic carbocycles. The van der Waals surface area contributed by atoms with Crippen LogP contribution in [0.25, 0.3) is 0 Å². The first-order valence-electron chi connectivity index (χ1n) is 9.22. The molecule has 2 aliphatic rings. The molecule has 2 N–H and O–H groups in total. The molecule has 26 heavy (non-hydrogen) atoms. The monoisotopic (exact) mass is 397 g/mol. The van der Waals surface area contributed by atoms with E-state index in [1.54, 1.807) is 0 Å². The predicted molar refractivity (Wildman–Crippen MR) is 108 cm³/mol. The summed E-state index contributed by atoms with van der Waals surface area (Å²) in [4.78, 5) is 27.6. The highest BCUT2D eigenvalue weighted by Gasteiger charge is 2.20. The first kappa shape index (κ1) is 21.1. The summed E-state index contributed by atoms with van der Waals surface area (Å²) in [5.41, 5.74) is 0.672. The molecular weight excluding hydrogens is 370 g/mol. The third-order valence-electron chi connectivity index (χ3n) is 4.89. The van der Waals surface area contributed by atoms with Gasteiger partial charge in [-0.15, -0.1) is 24.2 Å².